The number of benzene rings is 3. The SMILES string of the molecule is CCOc1cc(/C=N/N2CCN(C3Cc4cc(Cl)ccc4Sc4ccccc43)CC2)ccc1O. The molecule has 0 spiro atoms. The summed E-state index contributed by atoms with van der Waals surface area (Å²) in [6.45, 7) is 6.02. The highest BCUT2D eigenvalue weighted by Crippen LogP contribution is 2.43. The molecule has 2 heterocycles. The van der Waals surface area contributed by atoms with Crippen LogP contribution in [0.3, 0.4) is 0 Å². The molecule has 0 aliphatic carbocycles. The molecule has 0 saturated carbocycles. The zero-order valence-corrected chi connectivity index (χ0v) is 20.7. The maximum atomic E-state index is 9.91. The molecule has 0 radical (unpaired) electrons. The lowest BCUT2D eigenvalue weighted by Crippen LogP contribution is -2.46. The lowest BCUT2D eigenvalue weighted by Gasteiger charge is -2.38. The number of phenols is 1. The minimum atomic E-state index is 0.150. The predicted molar refractivity (Wildman–Crippen MR) is 138 cm³/mol. The second-order valence-electron chi connectivity index (χ2n) is 8.51. The summed E-state index contributed by atoms with van der Waals surface area (Å²) in [4.78, 5) is 5.20. The van der Waals surface area contributed by atoms with Gasteiger partial charge in [0.2, 0.25) is 0 Å². The van der Waals surface area contributed by atoms with Crippen molar-refractivity contribution in [3.63, 3.8) is 0 Å². The van der Waals surface area contributed by atoms with E-state index in [1.807, 2.05) is 43.1 Å². The van der Waals surface area contributed by atoms with E-state index in [4.69, 9.17) is 21.4 Å². The summed E-state index contributed by atoms with van der Waals surface area (Å²) in [7, 11) is 0. The quantitative estimate of drug-likeness (QED) is 0.452. The average Bonchev–Trinajstić information content (AvgIpc) is 3.01. The van der Waals surface area contributed by atoms with Gasteiger partial charge in [-0.1, -0.05) is 41.6 Å². The summed E-state index contributed by atoms with van der Waals surface area (Å²) >= 11 is 8.19. The predicted octanol–water partition coefficient (Wildman–Crippen LogP) is 5.84. The number of halogens is 1. The summed E-state index contributed by atoms with van der Waals surface area (Å²) in [6.07, 6.45) is 2.80. The first kappa shape index (κ1) is 23.1. The Morgan fingerprint density at radius 2 is 1.88 bits per heavy atom. The lowest BCUT2D eigenvalue weighted by molar-refractivity contribution is 0.0970. The number of aromatic hydroxyl groups is 1. The molecule has 5 nitrogen and oxygen atoms in total. The van der Waals surface area contributed by atoms with Gasteiger partial charge >= 0.3 is 0 Å². The third-order valence-corrected chi connectivity index (χ3v) is 7.76. The van der Waals surface area contributed by atoms with Crippen LogP contribution >= 0.6 is 23.4 Å². The zero-order chi connectivity index (χ0) is 23.5. The minimum Gasteiger partial charge on any atom is -0.504 e. The molecule has 1 unspecified atom stereocenters. The summed E-state index contributed by atoms with van der Waals surface area (Å²) in [6, 6.07) is 20.7. The van der Waals surface area contributed by atoms with Gasteiger partial charge < -0.3 is 9.84 Å². The number of nitrogens with zero attached hydrogens (tertiary/aromatic N) is 3. The van der Waals surface area contributed by atoms with Crippen molar-refractivity contribution in [1.82, 2.24) is 9.91 Å². The largest absolute Gasteiger partial charge is 0.504 e. The lowest BCUT2D eigenvalue weighted by atomic mass is 9.97. The van der Waals surface area contributed by atoms with E-state index in [0.29, 0.717) is 18.4 Å². The third kappa shape index (κ3) is 5.04. The molecular weight excluding hydrogens is 466 g/mol. The molecule has 1 atom stereocenters. The Labute approximate surface area is 210 Å². The van der Waals surface area contributed by atoms with Crippen molar-refractivity contribution in [2.75, 3.05) is 32.8 Å². The number of hydrazone groups is 1. The van der Waals surface area contributed by atoms with Crippen LogP contribution in [0, 0.1) is 0 Å². The van der Waals surface area contributed by atoms with Crippen LogP contribution in [-0.4, -0.2) is 54.0 Å². The average molecular weight is 494 g/mol. The fraction of sp³-hybridized carbons (Fsp3) is 0.296. The van der Waals surface area contributed by atoms with Crippen LogP contribution in [-0.2, 0) is 6.42 Å². The van der Waals surface area contributed by atoms with E-state index in [2.05, 4.69) is 46.3 Å². The molecule has 3 aromatic carbocycles. The Morgan fingerprint density at radius 3 is 2.71 bits per heavy atom. The van der Waals surface area contributed by atoms with Gasteiger partial charge in [-0.3, -0.25) is 9.91 Å². The Kier molecular flexibility index (Phi) is 6.99. The maximum absolute atomic E-state index is 9.91. The molecule has 0 aromatic heterocycles. The van der Waals surface area contributed by atoms with Gasteiger partial charge in [-0.25, -0.2) is 0 Å². The Balaban J connectivity index is 1.29. The van der Waals surface area contributed by atoms with Crippen LogP contribution in [0.5, 0.6) is 11.5 Å². The molecule has 0 bridgehead atoms. The van der Waals surface area contributed by atoms with E-state index in [-0.39, 0.29) is 5.75 Å². The highest BCUT2D eigenvalue weighted by atomic mass is 35.5. The number of piperazine rings is 1. The van der Waals surface area contributed by atoms with E-state index in [0.717, 1.165) is 43.2 Å². The molecule has 0 amide bonds. The molecule has 5 rings (SSSR count). The molecule has 7 heteroatoms. The fourth-order valence-corrected chi connectivity index (χ4v) is 5.90. The second kappa shape index (κ2) is 10.3. The molecule has 34 heavy (non-hydrogen) atoms. The zero-order valence-electron chi connectivity index (χ0n) is 19.2. The van der Waals surface area contributed by atoms with Crippen LogP contribution in [0.25, 0.3) is 0 Å². The number of ether oxygens (including phenoxy) is 1. The van der Waals surface area contributed by atoms with Crippen molar-refractivity contribution in [2.45, 2.75) is 29.2 Å². The van der Waals surface area contributed by atoms with Gasteiger partial charge in [0.1, 0.15) is 0 Å². The summed E-state index contributed by atoms with van der Waals surface area (Å²) in [5, 5.41) is 17.5. The number of fused-ring (bicyclic) bond motifs is 2. The van der Waals surface area contributed by atoms with Crippen LogP contribution in [0.2, 0.25) is 5.02 Å². The van der Waals surface area contributed by atoms with Gasteiger partial charge in [-0.15, -0.1) is 0 Å². The van der Waals surface area contributed by atoms with Crippen molar-refractivity contribution < 1.29 is 9.84 Å². The van der Waals surface area contributed by atoms with Gasteiger partial charge in [0, 0.05) is 47.0 Å². The highest BCUT2D eigenvalue weighted by molar-refractivity contribution is 7.99. The van der Waals surface area contributed by atoms with Gasteiger partial charge in [-0.05, 0) is 72.5 Å². The number of rotatable bonds is 5. The highest BCUT2D eigenvalue weighted by Gasteiger charge is 2.29. The van der Waals surface area contributed by atoms with Gasteiger partial charge in [-0.2, -0.15) is 5.10 Å². The normalized spacial score (nSPS) is 18.4. The molecule has 176 valence electrons. The van der Waals surface area contributed by atoms with E-state index < -0.39 is 0 Å². The van der Waals surface area contributed by atoms with Crippen molar-refractivity contribution in [1.29, 1.82) is 0 Å². The van der Waals surface area contributed by atoms with Crippen molar-refractivity contribution >= 4 is 29.6 Å². The van der Waals surface area contributed by atoms with Crippen LogP contribution in [0.15, 0.2) is 75.6 Å². The van der Waals surface area contributed by atoms with E-state index in [1.165, 1.54) is 20.9 Å². The van der Waals surface area contributed by atoms with E-state index >= 15 is 0 Å². The van der Waals surface area contributed by atoms with Crippen molar-refractivity contribution in [3.05, 3.63) is 82.4 Å². The van der Waals surface area contributed by atoms with Gasteiger partial charge in [0.25, 0.3) is 0 Å². The van der Waals surface area contributed by atoms with Crippen LogP contribution in [0.4, 0.5) is 0 Å². The topological polar surface area (TPSA) is 48.3 Å². The van der Waals surface area contributed by atoms with Crippen molar-refractivity contribution in [2.24, 2.45) is 5.10 Å². The molecule has 1 fully saturated rings. The van der Waals surface area contributed by atoms with Crippen LogP contribution < -0.4 is 4.74 Å². The fourth-order valence-electron chi connectivity index (χ4n) is 4.59. The summed E-state index contributed by atoms with van der Waals surface area (Å²) in [5.41, 5.74) is 3.62. The molecule has 2 aliphatic rings. The first-order chi connectivity index (χ1) is 16.6. The second-order valence-corrected chi connectivity index (χ2v) is 10.0. The van der Waals surface area contributed by atoms with E-state index in [1.54, 1.807) is 6.07 Å². The molecule has 3 aromatic rings. The Bertz CT molecular complexity index is 1190. The summed E-state index contributed by atoms with van der Waals surface area (Å²) < 4.78 is 5.48. The first-order valence-electron chi connectivity index (χ1n) is 11.6. The standard InChI is InChI=1S/C27H28ClN3O2S/c1-2-33-25-15-19(7-9-24(25)32)18-29-31-13-11-30(12-14-31)23-17-20-16-21(28)8-10-26(20)34-27-6-4-3-5-22(23)27/h3-10,15-16,18,23,32H,2,11-14,17H2,1H3/b29-18+. The molecule has 1 N–H and O–H groups in total. The van der Waals surface area contributed by atoms with Gasteiger partial charge in [0.05, 0.1) is 12.8 Å². The van der Waals surface area contributed by atoms with Crippen LogP contribution in [0.1, 0.15) is 29.7 Å². The third-order valence-electron chi connectivity index (χ3n) is 6.32. The Morgan fingerprint density at radius 1 is 1.06 bits per heavy atom. The van der Waals surface area contributed by atoms with Crippen molar-refractivity contribution in [3.8, 4) is 11.5 Å². The first-order valence-corrected chi connectivity index (χ1v) is 12.8. The monoisotopic (exact) mass is 493 g/mol. The Hall–Kier alpha value is -2.67. The number of hydrogen-bond acceptors (Lipinski definition) is 6. The molecular formula is C27H28ClN3O2S. The summed E-state index contributed by atoms with van der Waals surface area (Å²) in [5.74, 6) is 0.638. The minimum absolute atomic E-state index is 0.150. The molecule has 2 aliphatic heterocycles. The smallest absolute Gasteiger partial charge is 0.161 e. The molecule has 1 saturated heterocycles. The van der Waals surface area contributed by atoms with E-state index in [9.17, 15) is 5.11 Å². The van der Waals surface area contributed by atoms with Gasteiger partial charge in [0.15, 0.2) is 11.5 Å². The maximum Gasteiger partial charge on any atom is 0.161 e. The number of phenolic OH excluding ortho intramolecular Hbond substituents is 1. The number of hydrogen-bond donors (Lipinski definition) is 1.